The van der Waals surface area contributed by atoms with Gasteiger partial charge in [-0.25, -0.2) is 4.98 Å². The molecule has 0 aliphatic rings. The summed E-state index contributed by atoms with van der Waals surface area (Å²) in [6.45, 7) is 3.86. The molecule has 0 aliphatic heterocycles. The minimum Gasteiger partial charge on any atom is -0.349 e. The van der Waals surface area contributed by atoms with Gasteiger partial charge in [0.2, 0.25) is 0 Å². The Labute approximate surface area is 100 Å². The van der Waals surface area contributed by atoms with Crippen LogP contribution in [0.5, 0.6) is 0 Å². The average molecular weight is 229 g/mol. The van der Waals surface area contributed by atoms with Crippen LogP contribution in [0, 0.1) is 0 Å². The Kier molecular flexibility index (Phi) is 3.23. The molecule has 0 saturated carbocycles. The maximum atomic E-state index is 11.9. The zero-order valence-electron chi connectivity index (χ0n) is 9.92. The number of carbonyl (C=O) groups is 1. The van der Waals surface area contributed by atoms with Crippen LogP contribution in [0.1, 0.15) is 24.3 Å². The van der Waals surface area contributed by atoms with Gasteiger partial charge in [0.15, 0.2) is 0 Å². The number of hydrogen-bond acceptors (Lipinski definition) is 2. The van der Waals surface area contributed by atoms with Crippen molar-refractivity contribution in [2.24, 2.45) is 0 Å². The van der Waals surface area contributed by atoms with Gasteiger partial charge in [0.05, 0.1) is 12.5 Å². The summed E-state index contributed by atoms with van der Waals surface area (Å²) in [5.74, 6) is -0.110. The number of amides is 1. The van der Waals surface area contributed by atoms with E-state index in [-0.39, 0.29) is 11.9 Å². The molecule has 1 N–H and O–H groups in total. The summed E-state index contributed by atoms with van der Waals surface area (Å²) in [7, 11) is 0. The number of nitrogens with zero attached hydrogens (tertiary/aromatic N) is 2. The van der Waals surface area contributed by atoms with Gasteiger partial charge in [0.25, 0.3) is 5.91 Å². The molecule has 1 aromatic heterocycles. The molecule has 0 spiro atoms. The number of rotatable bonds is 3. The molecule has 0 unspecified atom stereocenters. The van der Waals surface area contributed by atoms with Crippen LogP contribution in [0.3, 0.4) is 0 Å². The molecule has 2 aromatic rings. The minimum atomic E-state index is -0.110. The highest BCUT2D eigenvalue weighted by Crippen LogP contribution is 2.10. The van der Waals surface area contributed by atoms with Gasteiger partial charge >= 0.3 is 0 Å². The highest BCUT2D eigenvalue weighted by molar-refractivity contribution is 5.93. The van der Waals surface area contributed by atoms with Crippen molar-refractivity contribution in [2.45, 2.75) is 19.9 Å². The molecule has 0 fully saturated rings. The highest BCUT2D eigenvalue weighted by atomic mass is 16.2. The maximum Gasteiger partial charge on any atom is 0.270 e. The number of nitrogens with one attached hydrogen (secondary N) is 1. The monoisotopic (exact) mass is 229 g/mol. The van der Waals surface area contributed by atoms with Crippen LogP contribution in [0.4, 0.5) is 0 Å². The van der Waals surface area contributed by atoms with E-state index in [1.165, 1.54) is 0 Å². The molecule has 0 radical (unpaired) electrons. The van der Waals surface area contributed by atoms with Gasteiger partial charge in [-0.05, 0) is 26.0 Å². The summed E-state index contributed by atoms with van der Waals surface area (Å²) in [6.07, 6.45) is 3.22. The second kappa shape index (κ2) is 4.82. The van der Waals surface area contributed by atoms with Crippen LogP contribution in [-0.2, 0) is 0 Å². The molecule has 1 heterocycles. The lowest BCUT2D eigenvalue weighted by atomic mass is 10.3. The number of hydrogen-bond donors (Lipinski definition) is 1. The van der Waals surface area contributed by atoms with Crippen molar-refractivity contribution < 1.29 is 4.79 Å². The smallest absolute Gasteiger partial charge is 0.270 e. The highest BCUT2D eigenvalue weighted by Gasteiger charge is 2.13. The predicted octanol–water partition coefficient (Wildman–Crippen LogP) is 2.01. The lowest BCUT2D eigenvalue weighted by molar-refractivity contribution is 0.0936. The summed E-state index contributed by atoms with van der Waals surface area (Å²) in [5, 5.41) is 2.86. The molecular formula is C13H15N3O. The molecule has 4 nitrogen and oxygen atoms in total. The summed E-state index contributed by atoms with van der Waals surface area (Å²) in [4.78, 5) is 16.0. The second-order valence-corrected chi connectivity index (χ2v) is 4.11. The molecule has 88 valence electrons. The number of aromatic nitrogens is 2. The fourth-order valence-electron chi connectivity index (χ4n) is 1.59. The first-order valence-corrected chi connectivity index (χ1v) is 5.57. The van der Waals surface area contributed by atoms with Crippen LogP contribution in [0.25, 0.3) is 5.69 Å². The molecule has 0 aliphatic carbocycles. The zero-order chi connectivity index (χ0) is 12.3. The van der Waals surface area contributed by atoms with E-state index in [4.69, 9.17) is 0 Å². The van der Waals surface area contributed by atoms with E-state index < -0.39 is 0 Å². The van der Waals surface area contributed by atoms with E-state index in [1.807, 2.05) is 44.2 Å². The van der Waals surface area contributed by atoms with Crippen LogP contribution in [-0.4, -0.2) is 21.5 Å². The molecule has 0 saturated heterocycles. The fourth-order valence-corrected chi connectivity index (χ4v) is 1.59. The van der Waals surface area contributed by atoms with E-state index in [1.54, 1.807) is 17.1 Å². The Morgan fingerprint density at radius 2 is 2.00 bits per heavy atom. The second-order valence-electron chi connectivity index (χ2n) is 4.11. The molecule has 2 rings (SSSR count). The molecule has 1 amide bonds. The Balaban J connectivity index is 2.32. The Hall–Kier alpha value is -2.10. The number of benzene rings is 1. The van der Waals surface area contributed by atoms with Gasteiger partial charge in [-0.1, -0.05) is 18.2 Å². The van der Waals surface area contributed by atoms with Crippen molar-refractivity contribution in [3.63, 3.8) is 0 Å². The SMILES string of the molecule is CC(C)NC(=O)c1cncn1-c1ccccc1. The first-order valence-electron chi connectivity index (χ1n) is 5.57. The largest absolute Gasteiger partial charge is 0.349 e. The lowest BCUT2D eigenvalue weighted by Gasteiger charge is -2.10. The van der Waals surface area contributed by atoms with Crippen molar-refractivity contribution >= 4 is 5.91 Å². The van der Waals surface area contributed by atoms with Gasteiger partial charge < -0.3 is 5.32 Å². The third-order valence-corrected chi connectivity index (χ3v) is 2.33. The van der Waals surface area contributed by atoms with E-state index in [0.717, 1.165) is 5.69 Å². The Morgan fingerprint density at radius 3 is 2.65 bits per heavy atom. The van der Waals surface area contributed by atoms with E-state index >= 15 is 0 Å². The molecule has 0 bridgehead atoms. The summed E-state index contributed by atoms with van der Waals surface area (Å²) in [5.41, 5.74) is 1.48. The van der Waals surface area contributed by atoms with E-state index in [0.29, 0.717) is 5.69 Å². The summed E-state index contributed by atoms with van der Waals surface area (Å²) < 4.78 is 1.78. The van der Waals surface area contributed by atoms with Crippen LogP contribution in [0.15, 0.2) is 42.9 Å². The van der Waals surface area contributed by atoms with Crippen molar-refractivity contribution in [2.75, 3.05) is 0 Å². The van der Waals surface area contributed by atoms with E-state index in [9.17, 15) is 4.79 Å². The van der Waals surface area contributed by atoms with Gasteiger partial charge in [-0.15, -0.1) is 0 Å². The number of para-hydroxylation sites is 1. The first kappa shape index (κ1) is 11.4. The topological polar surface area (TPSA) is 46.9 Å². The van der Waals surface area contributed by atoms with Crippen molar-refractivity contribution in [1.82, 2.24) is 14.9 Å². The van der Waals surface area contributed by atoms with Gasteiger partial charge in [0, 0.05) is 11.7 Å². The standard InChI is InChI=1S/C13H15N3O/c1-10(2)15-13(17)12-8-14-9-16(12)11-6-4-3-5-7-11/h3-10H,1-2H3,(H,15,17). The number of imidazole rings is 1. The van der Waals surface area contributed by atoms with E-state index in [2.05, 4.69) is 10.3 Å². The maximum absolute atomic E-state index is 11.9. The quantitative estimate of drug-likeness (QED) is 0.875. The predicted molar refractivity (Wildman–Crippen MR) is 66.2 cm³/mol. The fraction of sp³-hybridized carbons (Fsp3) is 0.231. The average Bonchev–Trinajstić information content (AvgIpc) is 2.78. The lowest BCUT2D eigenvalue weighted by Crippen LogP contribution is -2.31. The minimum absolute atomic E-state index is 0.110. The molecular weight excluding hydrogens is 214 g/mol. The zero-order valence-corrected chi connectivity index (χ0v) is 9.92. The Morgan fingerprint density at radius 1 is 1.29 bits per heavy atom. The van der Waals surface area contributed by atoms with Crippen LogP contribution in [0.2, 0.25) is 0 Å². The summed E-state index contributed by atoms with van der Waals surface area (Å²) >= 11 is 0. The van der Waals surface area contributed by atoms with Gasteiger partial charge in [0.1, 0.15) is 5.69 Å². The molecule has 17 heavy (non-hydrogen) atoms. The van der Waals surface area contributed by atoms with Crippen molar-refractivity contribution in [3.05, 3.63) is 48.5 Å². The van der Waals surface area contributed by atoms with Crippen LogP contribution < -0.4 is 5.32 Å². The first-order chi connectivity index (χ1) is 8.18. The molecule has 1 aromatic carbocycles. The van der Waals surface area contributed by atoms with Crippen molar-refractivity contribution in [3.8, 4) is 5.69 Å². The third kappa shape index (κ3) is 2.53. The van der Waals surface area contributed by atoms with Gasteiger partial charge in [-0.3, -0.25) is 9.36 Å². The molecule has 4 heteroatoms. The number of carbonyl (C=O) groups excluding carboxylic acids is 1. The summed E-state index contributed by atoms with van der Waals surface area (Å²) in [6, 6.07) is 9.79. The third-order valence-electron chi connectivity index (χ3n) is 2.33. The van der Waals surface area contributed by atoms with Crippen LogP contribution >= 0.6 is 0 Å². The molecule has 0 atom stereocenters. The van der Waals surface area contributed by atoms with Crippen molar-refractivity contribution in [1.29, 1.82) is 0 Å². The Bertz CT molecular complexity index is 502. The van der Waals surface area contributed by atoms with Gasteiger partial charge in [-0.2, -0.15) is 0 Å². The normalized spacial score (nSPS) is 10.5.